The topological polar surface area (TPSA) is 76.1 Å². The van der Waals surface area contributed by atoms with Crippen molar-refractivity contribution in [2.24, 2.45) is 0 Å². The number of nitrogens with zero attached hydrogens (tertiary/aromatic N) is 1. The van der Waals surface area contributed by atoms with Crippen molar-refractivity contribution in [3.63, 3.8) is 0 Å². The van der Waals surface area contributed by atoms with Crippen LogP contribution in [0.5, 0.6) is 0 Å². The number of carbonyl (C=O) groups excluding carboxylic acids is 1. The lowest BCUT2D eigenvalue weighted by Crippen LogP contribution is -2.17. The third-order valence-electron chi connectivity index (χ3n) is 5.01. The summed E-state index contributed by atoms with van der Waals surface area (Å²) < 4.78 is 24.9. The van der Waals surface area contributed by atoms with Crippen LogP contribution in [0.25, 0.3) is 10.4 Å². The zero-order chi connectivity index (χ0) is 22.6. The Hall–Kier alpha value is -3.29. The Labute approximate surface area is 191 Å². The summed E-state index contributed by atoms with van der Waals surface area (Å²) in [4.78, 5) is 18.7. The van der Waals surface area contributed by atoms with Gasteiger partial charge in [-0.25, -0.2) is 13.4 Å². The maximum Gasteiger partial charge on any atom is 0.258 e. The van der Waals surface area contributed by atoms with Gasteiger partial charge in [-0.2, -0.15) is 0 Å². The van der Waals surface area contributed by atoms with Crippen molar-refractivity contribution in [2.45, 2.75) is 18.2 Å². The summed E-state index contributed by atoms with van der Waals surface area (Å²) in [6.07, 6.45) is 0.623. The molecule has 0 aliphatic carbocycles. The van der Waals surface area contributed by atoms with Crippen molar-refractivity contribution < 1.29 is 13.2 Å². The van der Waals surface area contributed by atoms with Crippen molar-refractivity contribution in [1.29, 1.82) is 0 Å². The van der Waals surface area contributed by atoms with E-state index in [0.29, 0.717) is 11.6 Å². The second-order valence-corrected chi connectivity index (χ2v) is 10.4. The lowest BCUT2D eigenvalue weighted by molar-refractivity contribution is 0.102. The third kappa shape index (κ3) is 4.79. The number of carbonyl (C=O) groups is 1. The predicted molar refractivity (Wildman–Crippen MR) is 129 cm³/mol. The number of benzene rings is 3. The van der Waals surface area contributed by atoms with E-state index in [2.05, 4.69) is 5.32 Å². The molecule has 32 heavy (non-hydrogen) atoms. The highest BCUT2D eigenvalue weighted by Crippen LogP contribution is 2.34. The Morgan fingerprint density at radius 1 is 0.906 bits per heavy atom. The molecule has 0 atom stereocenters. The van der Waals surface area contributed by atoms with Crippen molar-refractivity contribution in [3.05, 3.63) is 102 Å². The van der Waals surface area contributed by atoms with Crippen molar-refractivity contribution in [3.8, 4) is 10.4 Å². The van der Waals surface area contributed by atoms with Crippen molar-refractivity contribution in [2.75, 3.05) is 11.1 Å². The first-order valence-corrected chi connectivity index (χ1v) is 12.7. The van der Waals surface area contributed by atoms with Gasteiger partial charge in [-0.05, 0) is 23.3 Å². The molecular weight excluding hydrogens is 440 g/mol. The fourth-order valence-corrected chi connectivity index (χ4v) is 5.45. The first-order chi connectivity index (χ1) is 15.5. The summed E-state index contributed by atoms with van der Waals surface area (Å²) in [5.74, 6) is -0.564. The Morgan fingerprint density at radius 2 is 1.53 bits per heavy atom. The number of sulfone groups is 1. The van der Waals surface area contributed by atoms with Gasteiger partial charge in [-0.3, -0.25) is 10.1 Å². The van der Waals surface area contributed by atoms with Crippen LogP contribution in [0, 0.1) is 0 Å². The zero-order valence-corrected chi connectivity index (χ0v) is 19.1. The normalized spacial score (nSPS) is 11.3. The molecule has 0 bridgehead atoms. The number of aromatic nitrogens is 1. The molecule has 0 fully saturated rings. The van der Waals surface area contributed by atoms with Gasteiger partial charge in [0.2, 0.25) is 0 Å². The number of rotatable bonds is 7. The number of amides is 1. The monoisotopic (exact) mass is 462 g/mol. The van der Waals surface area contributed by atoms with Crippen LogP contribution >= 0.6 is 11.3 Å². The number of thiazole rings is 1. The molecule has 1 heterocycles. The smallest absolute Gasteiger partial charge is 0.258 e. The molecule has 1 N–H and O–H groups in total. The summed E-state index contributed by atoms with van der Waals surface area (Å²) in [6.45, 7) is 1.56. The molecule has 4 aromatic rings. The molecular formula is C25H22N2O3S2. The maximum atomic E-state index is 13.0. The molecule has 3 aromatic carbocycles. The van der Waals surface area contributed by atoms with E-state index < -0.39 is 15.7 Å². The Bertz CT molecular complexity index is 1330. The standard InChI is InChI=1S/C25H22N2O3S2/c1-2-32(29,30)22-16-10-9-15-20(22)24(28)27-25-26-21(17-18-11-5-3-6-12-18)23(31-25)19-13-7-4-8-14-19/h3-16H,2,17H2,1H3,(H,26,27,28). The summed E-state index contributed by atoms with van der Waals surface area (Å²) in [5, 5.41) is 3.25. The van der Waals surface area contributed by atoms with Crippen molar-refractivity contribution >= 4 is 32.2 Å². The summed E-state index contributed by atoms with van der Waals surface area (Å²) in [6, 6.07) is 26.2. The van der Waals surface area contributed by atoms with Crippen LogP contribution < -0.4 is 5.32 Å². The maximum absolute atomic E-state index is 13.0. The van der Waals surface area contributed by atoms with Gasteiger partial charge in [0.15, 0.2) is 15.0 Å². The Kier molecular flexibility index (Phi) is 6.48. The minimum Gasteiger partial charge on any atom is -0.298 e. The van der Waals surface area contributed by atoms with Gasteiger partial charge < -0.3 is 0 Å². The van der Waals surface area contributed by atoms with Crippen LogP contribution in [0.2, 0.25) is 0 Å². The van der Waals surface area contributed by atoms with Gasteiger partial charge >= 0.3 is 0 Å². The molecule has 162 valence electrons. The van der Waals surface area contributed by atoms with Gasteiger partial charge in [0, 0.05) is 6.42 Å². The number of nitrogens with one attached hydrogen (secondary N) is 1. The zero-order valence-electron chi connectivity index (χ0n) is 17.5. The minimum absolute atomic E-state index is 0.0318. The number of hydrogen-bond acceptors (Lipinski definition) is 5. The van der Waals surface area contributed by atoms with Gasteiger partial charge in [0.1, 0.15) is 0 Å². The quantitative estimate of drug-likeness (QED) is 0.396. The van der Waals surface area contributed by atoms with E-state index in [4.69, 9.17) is 4.98 Å². The average molecular weight is 463 g/mol. The van der Waals surface area contributed by atoms with E-state index in [0.717, 1.165) is 21.7 Å². The second-order valence-electron chi connectivity index (χ2n) is 7.18. The molecule has 0 spiro atoms. The third-order valence-corrected chi connectivity index (χ3v) is 7.86. The fraction of sp³-hybridized carbons (Fsp3) is 0.120. The van der Waals surface area contributed by atoms with Gasteiger partial charge in [0.25, 0.3) is 5.91 Å². The molecule has 0 aliphatic heterocycles. The Morgan fingerprint density at radius 3 is 2.22 bits per heavy atom. The van der Waals surface area contributed by atoms with Gasteiger partial charge in [-0.15, -0.1) is 0 Å². The van der Waals surface area contributed by atoms with E-state index in [1.807, 2.05) is 60.7 Å². The molecule has 0 aliphatic rings. The molecule has 5 nitrogen and oxygen atoms in total. The number of hydrogen-bond donors (Lipinski definition) is 1. The summed E-state index contributed by atoms with van der Waals surface area (Å²) >= 11 is 1.38. The molecule has 7 heteroatoms. The van der Waals surface area contributed by atoms with E-state index in [1.165, 1.54) is 23.5 Å². The van der Waals surface area contributed by atoms with Crippen molar-refractivity contribution in [1.82, 2.24) is 4.98 Å². The molecule has 0 saturated carbocycles. The molecule has 1 amide bonds. The minimum atomic E-state index is -3.53. The summed E-state index contributed by atoms with van der Waals surface area (Å²) in [7, 11) is -3.53. The largest absolute Gasteiger partial charge is 0.298 e. The summed E-state index contributed by atoms with van der Waals surface area (Å²) in [5.41, 5.74) is 3.12. The van der Waals surface area contributed by atoms with E-state index in [9.17, 15) is 13.2 Å². The highest BCUT2D eigenvalue weighted by molar-refractivity contribution is 7.91. The average Bonchev–Trinajstić information content (AvgIpc) is 3.22. The molecule has 0 unspecified atom stereocenters. The van der Waals surface area contributed by atoms with E-state index >= 15 is 0 Å². The molecule has 4 rings (SSSR count). The van der Waals surface area contributed by atoms with Crippen LogP contribution in [0.1, 0.15) is 28.5 Å². The SMILES string of the molecule is CCS(=O)(=O)c1ccccc1C(=O)Nc1nc(Cc2ccccc2)c(-c2ccccc2)s1. The predicted octanol–water partition coefficient (Wildman–Crippen LogP) is 5.45. The number of anilines is 1. The van der Waals surface area contributed by atoms with Gasteiger partial charge in [-0.1, -0.05) is 91.1 Å². The first kappa shape index (κ1) is 21.9. The van der Waals surface area contributed by atoms with Crippen LogP contribution in [0.15, 0.2) is 89.8 Å². The second kappa shape index (κ2) is 9.46. The van der Waals surface area contributed by atoms with Crippen LogP contribution in [-0.2, 0) is 16.3 Å². The lowest BCUT2D eigenvalue weighted by atomic mass is 10.1. The molecule has 0 radical (unpaired) electrons. The highest BCUT2D eigenvalue weighted by Gasteiger charge is 2.22. The highest BCUT2D eigenvalue weighted by atomic mass is 32.2. The van der Waals surface area contributed by atoms with E-state index in [1.54, 1.807) is 19.1 Å². The fourth-order valence-electron chi connectivity index (χ4n) is 3.37. The first-order valence-electron chi connectivity index (χ1n) is 10.2. The Balaban J connectivity index is 1.69. The van der Waals surface area contributed by atoms with Crippen LogP contribution in [-0.4, -0.2) is 25.1 Å². The molecule has 1 aromatic heterocycles. The lowest BCUT2D eigenvalue weighted by Gasteiger charge is -2.08. The molecule has 0 saturated heterocycles. The van der Waals surface area contributed by atoms with E-state index in [-0.39, 0.29) is 16.2 Å². The van der Waals surface area contributed by atoms with Crippen LogP contribution in [0.3, 0.4) is 0 Å². The van der Waals surface area contributed by atoms with Crippen LogP contribution in [0.4, 0.5) is 5.13 Å². The van der Waals surface area contributed by atoms with Gasteiger partial charge in [0.05, 0.1) is 26.8 Å².